The summed E-state index contributed by atoms with van der Waals surface area (Å²) in [6.45, 7) is 2.21. The number of fused-ring (bicyclic) bond motifs is 1. The topological polar surface area (TPSA) is 89.6 Å². The molecule has 2 aromatic rings. The zero-order valence-electron chi connectivity index (χ0n) is 15.4. The van der Waals surface area contributed by atoms with E-state index in [0.29, 0.717) is 33.7 Å². The second-order valence-corrected chi connectivity index (χ2v) is 7.82. The third kappa shape index (κ3) is 4.39. The van der Waals surface area contributed by atoms with Crippen LogP contribution in [0, 0.1) is 5.92 Å². The van der Waals surface area contributed by atoms with Gasteiger partial charge in [-0.15, -0.1) is 0 Å². The number of rotatable bonds is 7. The number of amides is 2. The van der Waals surface area contributed by atoms with E-state index in [-0.39, 0.29) is 30.4 Å². The van der Waals surface area contributed by atoms with Gasteiger partial charge in [0.05, 0.1) is 11.3 Å². The molecule has 2 aliphatic rings. The van der Waals surface area contributed by atoms with Gasteiger partial charge in [0, 0.05) is 24.0 Å². The second kappa shape index (κ2) is 8.10. The van der Waals surface area contributed by atoms with Crippen LogP contribution in [0.25, 0.3) is 0 Å². The molecule has 1 atom stereocenters. The zero-order valence-corrected chi connectivity index (χ0v) is 16.3. The summed E-state index contributed by atoms with van der Waals surface area (Å²) in [5.41, 5.74) is 1.13. The number of ether oxygens (including phenoxy) is 2. The third-order valence-electron chi connectivity index (χ3n) is 4.70. The van der Waals surface area contributed by atoms with E-state index < -0.39 is 0 Å². The maximum Gasteiger partial charge on any atom is 0.254 e. The highest BCUT2D eigenvalue weighted by atomic mass is 32.2. The maximum atomic E-state index is 12.6. The van der Waals surface area contributed by atoms with Crippen molar-refractivity contribution in [2.45, 2.75) is 30.8 Å². The molecule has 8 heteroatoms. The summed E-state index contributed by atoms with van der Waals surface area (Å²) in [5.74, 6) is 1.66. The summed E-state index contributed by atoms with van der Waals surface area (Å²) in [5, 5.41) is 6.40. The Balaban J connectivity index is 1.35. The Hall–Kier alpha value is -2.74. The van der Waals surface area contributed by atoms with Gasteiger partial charge in [-0.3, -0.25) is 9.59 Å². The predicted octanol–water partition coefficient (Wildman–Crippen LogP) is 3.07. The van der Waals surface area contributed by atoms with E-state index >= 15 is 0 Å². The first-order valence-corrected chi connectivity index (χ1v) is 10.2. The molecule has 2 N–H and O–H groups in total. The zero-order chi connectivity index (χ0) is 19.5. The lowest BCUT2D eigenvalue weighted by molar-refractivity contribution is -0.113. The number of carbonyl (C=O) groups excluding carboxylic acids is 2. The molecule has 0 saturated heterocycles. The molecule has 0 bridgehead atoms. The molecule has 2 heterocycles. The lowest BCUT2D eigenvalue weighted by Gasteiger charge is -2.14. The minimum Gasteiger partial charge on any atom is -0.454 e. The number of thioether (sulfide) groups is 1. The maximum absolute atomic E-state index is 12.6. The average Bonchev–Trinajstić information content (AvgIpc) is 3.45. The Morgan fingerprint density at radius 2 is 2.07 bits per heavy atom. The molecule has 7 nitrogen and oxygen atoms in total. The van der Waals surface area contributed by atoms with Crippen molar-refractivity contribution in [3.8, 4) is 11.5 Å². The minimum atomic E-state index is -0.188. The van der Waals surface area contributed by atoms with Gasteiger partial charge in [0.25, 0.3) is 5.91 Å². The number of hydrogen-bond acceptors (Lipinski definition) is 6. The largest absolute Gasteiger partial charge is 0.454 e. The van der Waals surface area contributed by atoms with Crippen molar-refractivity contribution in [1.82, 2.24) is 10.3 Å². The van der Waals surface area contributed by atoms with E-state index in [1.54, 1.807) is 36.5 Å². The first kappa shape index (κ1) is 18.6. The van der Waals surface area contributed by atoms with Crippen molar-refractivity contribution < 1.29 is 19.1 Å². The molecule has 1 aliphatic carbocycles. The van der Waals surface area contributed by atoms with Crippen LogP contribution >= 0.6 is 11.8 Å². The van der Waals surface area contributed by atoms with E-state index in [9.17, 15) is 9.59 Å². The monoisotopic (exact) mass is 399 g/mol. The Bertz CT molecular complexity index is 901. The molecule has 1 saturated carbocycles. The summed E-state index contributed by atoms with van der Waals surface area (Å²) < 4.78 is 10.6. The lowest BCUT2D eigenvalue weighted by atomic mass is 10.2. The van der Waals surface area contributed by atoms with E-state index in [1.165, 1.54) is 11.8 Å². The second-order valence-electron chi connectivity index (χ2n) is 6.86. The summed E-state index contributed by atoms with van der Waals surface area (Å²) in [6, 6.07) is 8.86. The van der Waals surface area contributed by atoms with Crippen molar-refractivity contribution >= 4 is 29.3 Å². The highest BCUT2D eigenvalue weighted by Gasteiger charge is 2.29. The van der Waals surface area contributed by atoms with E-state index in [0.717, 1.165) is 12.8 Å². The summed E-state index contributed by atoms with van der Waals surface area (Å²) in [7, 11) is 0. The lowest BCUT2D eigenvalue weighted by Crippen LogP contribution is -2.34. The molecule has 1 aromatic carbocycles. The Kier molecular flexibility index (Phi) is 5.38. The Morgan fingerprint density at radius 3 is 2.89 bits per heavy atom. The first-order chi connectivity index (χ1) is 13.6. The van der Waals surface area contributed by atoms with Crippen LogP contribution in [-0.2, 0) is 4.79 Å². The van der Waals surface area contributed by atoms with Gasteiger partial charge >= 0.3 is 0 Å². The average molecular weight is 399 g/mol. The van der Waals surface area contributed by atoms with Crippen LogP contribution in [0.3, 0.4) is 0 Å². The van der Waals surface area contributed by atoms with Crippen molar-refractivity contribution in [3.63, 3.8) is 0 Å². The van der Waals surface area contributed by atoms with E-state index in [4.69, 9.17) is 9.47 Å². The van der Waals surface area contributed by atoms with Crippen LogP contribution in [-0.4, -0.2) is 35.4 Å². The fourth-order valence-corrected chi connectivity index (χ4v) is 3.77. The molecule has 1 aliphatic heterocycles. The van der Waals surface area contributed by atoms with E-state index in [1.807, 2.05) is 6.92 Å². The van der Waals surface area contributed by atoms with Crippen LogP contribution < -0.4 is 20.1 Å². The number of anilines is 1. The molecule has 2 amide bonds. The number of carbonyl (C=O) groups is 2. The number of nitrogens with zero attached hydrogens (tertiary/aromatic N) is 1. The molecule has 28 heavy (non-hydrogen) atoms. The Labute approximate surface area is 167 Å². The van der Waals surface area contributed by atoms with Crippen molar-refractivity contribution in [1.29, 1.82) is 0 Å². The van der Waals surface area contributed by atoms with Crippen LogP contribution in [0.5, 0.6) is 11.5 Å². The fraction of sp³-hybridized carbons (Fsp3) is 0.350. The van der Waals surface area contributed by atoms with Crippen LogP contribution in [0.15, 0.2) is 41.6 Å². The highest BCUT2D eigenvalue weighted by molar-refractivity contribution is 8.00. The Morgan fingerprint density at radius 1 is 1.25 bits per heavy atom. The van der Waals surface area contributed by atoms with Crippen molar-refractivity contribution in [2.24, 2.45) is 5.92 Å². The van der Waals surface area contributed by atoms with Gasteiger partial charge in [-0.05, 0) is 49.9 Å². The van der Waals surface area contributed by atoms with Gasteiger partial charge in [-0.25, -0.2) is 4.98 Å². The van der Waals surface area contributed by atoms with Gasteiger partial charge in [0.2, 0.25) is 12.7 Å². The van der Waals surface area contributed by atoms with Gasteiger partial charge in [-0.2, -0.15) is 0 Å². The molecule has 1 fully saturated rings. The predicted molar refractivity (Wildman–Crippen MR) is 106 cm³/mol. The van der Waals surface area contributed by atoms with Gasteiger partial charge in [-0.1, -0.05) is 11.8 Å². The SMILES string of the molecule is C[C@H](NC(=O)c1cccnc1SCC(=O)Nc1ccc2c(c1)OCO2)C1CC1. The normalized spacial score (nSPS) is 15.8. The van der Waals surface area contributed by atoms with Crippen LogP contribution in [0.4, 0.5) is 5.69 Å². The molecule has 0 unspecified atom stereocenters. The van der Waals surface area contributed by atoms with Crippen LogP contribution in [0.1, 0.15) is 30.1 Å². The molecule has 0 radical (unpaired) electrons. The van der Waals surface area contributed by atoms with Gasteiger partial charge in [0.15, 0.2) is 11.5 Å². The minimum absolute atomic E-state index is 0.143. The summed E-state index contributed by atoms with van der Waals surface area (Å²) in [4.78, 5) is 29.2. The fourth-order valence-electron chi connectivity index (χ4n) is 2.98. The summed E-state index contributed by atoms with van der Waals surface area (Å²) in [6.07, 6.45) is 3.95. The molecule has 146 valence electrons. The summed E-state index contributed by atoms with van der Waals surface area (Å²) >= 11 is 1.24. The van der Waals surface area contributed by atoms with Crippen molar-refractivity contribution in [3.05, 3.63) is 42.1 Å². The smallest absolute Gasteiger partial charge is 0.254 e. The third-order valence-corrected chi connectivity index (χ3v) is 5.71. The number of aromatic nitrogens is 1. The van der Waals surface area contributed by atoms with E-state index in [2.05, 4.69) is 15.6 Å². The van der Waals surface area contributed by atoms with Gasteiger partial charge in [0.1, 0.15) is 5.03 Å². The highest BCUT2D eigenvalue weighted by Crippen LogP contribution is 2.34. The standard InChI is InChI=1S/C20H21N3O4S/c1-12(13-4-5-13)22-19(25)15-3-2-8-21-20(15)28-10-18(24)23-14-6-7-16-17(9-14)27-11-26-16/h2-3,6-9,12-13H,4-5,10-11H2,1H3,(H,22,25)(H,23,24)/t12-/m0/s1. The van der Waals surface area contributed by atoms with Gasteiger partial charge < -0.3 is 20.1 Å². The molecular formula is C20H21N3O4S. The first-order valence-electron chi connectivity index (χ1n) is 9.18. The molecule has 0 spiro atoms. The number of pyridine rings is 1. The number of hydrogen-bond donors (Lipinski definition) is 2. The number of nitrogens with one attached hydrogen (secondary N) is 2. The molecule has 1 aromatic heterocycles. The quantitative estimate of drug-likeness (QED) is 0.696. The van der Waals surface area contributed by atoms with Crippen molar-refractivity contribution in [2.75, 3.05) is 17.9 Å². The number of benzene rings is 1. The van der Waals surface area contributed by atoms with Crippen LogP contribution in [0.2, 0.25) is 0 Å². The molecular weight excluding hydrogens is 378 g/mol. The molecule has 4 rings (SSSR count).